The van der Waals surface area contributed by atoms with Gasteiger partial charge in [-0.25, -0.2) is 0 Å². The average molecular weight is 265 g/mol. The lowest BCUT2D eigenvalue weighted by Gasteiger charge is -1.94. The summed E-state index contributed by atoms with van der Waals surface area (Å²) in [6, 6.07) is 0. The molecule has 0 spiro atoms. The van der Waals surface area contributed by atoms with Crippen LogP contribution in [0.3, 0.4) is 0 Å². The third-order valence-corrected chi connectivity index (χ3v) is 2.99. The second-order valence-corrected chi connectivity index (χ2v) is 5.72. The Bertz CT molecular complexity index is 340. The maximum atomic E-state index is 10.3. The standard InChI is InChI=1S/C3H9NO3S.C2H7NO3S/c1-7-8(5,6)3-2-4;3-1-2-7(4,5)6/h2-4H2,1H3;1-3H2,(H,4,5,6)/p+1. The Morgan fingerprint density at radius 1 is 1.13 bits per heavy atom. The first-order valence-corrected chi connectivity index (χ1v) is 7.00. The lowest BCUT2D eigenvalue weighted by molar-refractivity contribution is 0.398. The molecule has 15 heavy (non-hydrogen) atoms. The van der Waals surface area contributed by atoms with Crippen molar-refractivity contribution in [3.8, 4) is 0 Å². The van der Waals surface area contributed by atoms with Gasteiger partial charge in [0.25, 0.3) is 20.2 Å². The van der Waals surface area contributed by atoms with Crippen molar-refractivity contribution in [2.75, 3.05) is 31.7 Å². The molecular weight excluding hydrogens is 248 g/mol. The van der Waals surface area contributed by atoms with Gasteiger partial charge in [0, 0.05) is 13.1 Å². The highest BCUT2D eigenvalue weighted by atomic mass is 32.2. The summed E-state index contributed by atoms with van der Waals surface area (Å²) in [7, 11) is -5.98. The van der Waals surface area contributed by atoms with Crippen LogP contribution in [0.1, 0.15) is 1.43 Å². The first-order valence-electron chi connectivity index (χ1n) is 3.82. The Labute approximate surface area is 90.9 Å². The van der Waals surface area contributed by atoms with Crippen molar-refractivity contribution >= 4 is 20.2 Å². The van der Waals surface area contributed by atoms with Gasteiger partial charge in [-0.2, -0.15) is 16.8 Å². The van der Waals surface area contributed by atoms with Gasteiger partial charge in [0.2, 0.25) is 0 Å². The second-order valence-electron chi connectivity index (χ2n) is 2.29. The molecule has 0 atom stereocenters. The molecule has 0 aromatic carbocycles. The van der Waals surface area contributed by atoms with Crippen molar-refractivity contribution < 1.29 is 27.0 Å². The van der Waals surface area contributed by atoms with Gasteiger partial charge < -0.3 is 11.5 Å². The minimum absolute atomic E-state index is 0. The highest BCUT2D eigenvalue weighted by Gasteiger charge is 2.03. The van der Waals surface area contributed by atoms with E-state index in [0.717, 1.165) is 7.11 Å². The van der Waals surface area contributed by atoms with Crippen LogP contribution in [0.5, 0.6) is 0 Å². The van der Waals surface area contributed by atoms with E-state index in [-0.39, 0.29) is 26.0 Å². The van der Waals surface area contributed by atoms with Gasteiger partial charge in [0.05, 0.1) is 18.6 Å². The van der Waals surface area contributed by atoms with Crippen LogP contribution in [-0.2, 0) is 24.4 Å². The quantitative estimate of drug-likeness (QED) is 0.376. The van der Waals surface area contributed by atoms with Crippen molar-refractivity contribution in [2.45, 2.75) is 0 Å². The van der Waals surface area contributed by atoms with Crippen molar-refractivity contribution in [1.29, 1.82) is 0 Å². The number of hydrogen-bond donors (Lipinski definition) is 3. The Balaban J connectivity index is -0.000000200. The van der Waals surface area contributed by atoms with Gasteiger partial charge in [-0.05, 0) is 0 Å². The molecule has 0 saturated carbocycles. The predicted octanol–water partition coefficient (Wildman–Crippen LogP) is -2.13. The SMILES string of the molecule is COS(=O)(=O)CCN.NCCS(=O)(=O)O.[H+]. The van der Waals surface area contributed by atoms with Gasteiger partial charge in [0.1, 0.15) is 0 Å². The first kappa shape index (κ1) is 17.1. The molecule has 5 N–H and O–H groups in total. The van der Waals surface area contributed by atoms with E-state index < -0.39 is 20.2 Å². The molecule has 0 saturated heterocycles. The largest absolute Gasteiger partial charge is 1.00 e. The summed E-state index contributed by atoms with van der Waals surface area (Å²) in [5.74, 6) is -0.462. The summed E-state index contributed by atoms with van der Waals surface area (Å²) >= 11 is 0. The van der Waals surface area contributed by atoms with E-state index in [1.165, 1.54) is 0 Å². The van der Waals surface area contributed by atoms with E-state index in [4.69, 9.17) is 16.0 Å². The molecule has 10 heteroatoms. The van der Waals surface area contributed by atoms with Crippen molar-refractivity contribution in [3.63, 3.8) is 0 Å². The maximum absolute atomic E-state index is 10.3. The summed E-state index contributed by atoms with van der Waals surface area (Å²) < 4.78 is 52.0. The monoisotopic (exact) mass is 265 g/mol. The second kappa shape index (κ2) is 7.96. The normalized spacial score (nSPS) is 11.7. The van der Waals surface area contributed by atoms with Crippen LogP contribution in [0.4, 0.5) is 0 Å². The number of rotatable bonds is 5. The molecule has 0 aliphatic heterocycles. The fourth-order valence-corrected chi connectivity index (χ4v) is 1.13. The lowest BCUT2D eigenvalue weighted by atomic mass is 10.8. The molecular formula is C5H17N2O6S2+. The Hall–Kier alpha value is -0.260. The molecule has 0 amide bonds. The molecule has 0 fully saturated rings. The molecule has 0 aromatic heterocycles. The molecule has 0 bridgehead atoms. The van der Waals surface area contributed by atoms with E-state index in [2.05, 4.69) is 4.18 Å². The molecule has 0 rings (SSSR count). The third-order valence-electron chi connectivity index (χ3n) is 0.998. The zero-order valence-electron chi connectivity index (χ0n) is 9.29. The Morgan fingerprint density at radius 3 is 1.60 bits per heavy atom. The zero-order chi connectivity index (χ0) is 12.5. The topological polar surface area (TPSA) is 150 Å². The van der Waals surface area contributed by atoms with Gasteiger partial charge in [-0.3, -0.25) is 8.74 Å². The summed E-state index contributed by atoms with van der Waals surface area (Å²) in [5.41, 5.74) is 9.71. The fraction of sp³-hybridized carbons (Fsp3) is 1.00. The fourth-order valence-electron chi connectivity index (χ4n) is 0.377. The van der Waals surface area contributed by atoms with Gasteiger partial charge in [-0.1, -0.05) is 0 Å². The number of hydrogen-bond acceptors (Lipinski definition) is 7. The van der Waals surface area contributed by atoms with E-state index in [0.29, 0.717) is 0 Å². The van der Waals surface area contributed by atoms with Crippen molar-refractivity contribution in [3.05, 3.63) is 0 Å². The number of nitrogens with two attached hydrogens (primary N) is 2. The maximum Gasteiger partial charge on any atom is 1.00 e. The van der Waals surface area contributed by atoms with Crippen molar-refractivity contribution in [2.24, 2.45) is 11.5 Å². The van der Waals surface area contributed by atoms with Crippen LogP contribution in [0, 0.1) is 0 Å². The van der Waals surface area contributed by atoms with E-state index >= 15 is 0 Å². The molecule has 0 unspecified atom stereocenters. The van der Waals surface area contributed by atoms with Crippen LogP contribution in [0.25, 0.3) is 0 Å². The van der Waals surface area contributed by atoms with E-state index in [1.807, 2.05) is 0 Å². The third kappa shape index (κ3) is 16.4. The van der Waals surface area contributed by atoms with Crippen LogP contribution in [0.15, 0.2) is 0 Å². The Kier molecular flexibility index (Phi) is 9.10. The molecule has 8 nitrogen and oxygen atoms in total. The van der Waals surface area contributed by atoms with E-state index in [9.17, 15) is 16.8 Å². The molecule has 0 aliphatic carbocycles. The summed E-state index contributed by atoms with van der Waals surface area (Å²) in [4.78, 5) is 0. The van der Waals surface area contributed by atoms with Crippen LogP contribution in [0.2, 0.25) is 0 Å². The van der Waals surface area contributed by atoms with Crippen LogP contribution < -0.4 is 11.5 Å². The smallest absolute Gasteiger partial charge is 0.329 e. The van der Waals surface area contributed by atoms with Gasteiger partial charge in [0.15, 0.2) is 0 Å². The van der Waals surface area contributed by atoms with Gasteiger partial charge >= 0.3 is 1.43 Å². The zero-order valence-corrected chi connectivity index (χ0v) is 9.92. The summed E-state index contributed by atoms with van der Waals surface area (Å²) in [6.07, 6.45) is 0. The van der Waals surface area contributed by atoms with Crippen LogP contribution in [-0.4, -0.2) is 53.1 Å². The highest BCUT2D eigenvalue weighted by molar-refractivity contribution is 7.86. The molecule has 0 radical (unpaired) electrons. The summed E-state index contributed by atoms with van der Waals surface area (Å²) in [5, 5.41) is 0. The minimum atomic E-state index is -3.80. The summed E-state index contributed by atoms with van der Waals surface area (Å²) in [6.45, 7) is 0.0784. The molecule has 0 aromatic rings. The molecule has 0 heterocycles. The van der Waals surface area contributed by atoms with Gasteiger partial charge in [-0.15, -0.1) is 0 Å². The van der Waals surface area contributed by atoms with Crippen molar-refractivity contribution in [1.82, 2.24) is 0 Å². The molecule has 0 aliphatic rings. The lowest BCUT2D eigenvalue weighted by Crippen LogP contribution is -2.16. The predicted molar refractivity (Wildman–Crippen MR) is 56.4 cm³/mol. The Morgan fingerprint density at radius 2 is 1.53 bits per heavy atom. The average Bonchev–Trinajstić information content (AvgIpc) is 2.03. The first-order chi connectivity index (χ1) is 6.68. The van der Waals surface area contributed by atoms with Crippen LogP contribution >= 0.6 is 0 Å². The highest BCUT2D eigenvalue weighted by Crippen LogP contribution is 1.85. The minimum Gasteiger partial charge on any atom is -0.329 e. The molecule has 94 valence electrons. The van der Waals surface area contributed by atoms with E-state index in [1.54, 1.807) is 0 Å².